The second-order valence-electron chi connectivity index (χ2n) is 4.15. The van der Waals surface area contributed by atoms with Gasteiger partial charge in [-0.15, -0.1) is 0 Å². The summed E-state index contributed by atoms with van der Waals surface area (Å²) >= 11 is 0. The number of hydrogen-bond acceptors (Lipinski definition) is 6. The third-order valence-corrected chi connectivity index (χ3v) is 4.37. The highest BCUT2D eigenvalue weighted by molar-refractivity contribution is 7.63. The molecular weight excluding hydrogens is 337 g/mol. The number of rotatable bonds is 6. The lowest BCUT2D eigenvalue weighted by Gasteiger charge is -2.15. The van der Waals surface area contributed by atoms with Gasteiger partial charge in [0.05, 0.1) is 12.2 Å². The molecule has 0 aliphatic carbocycles. The van der Waals surface area contributed by atoms with Crippen molar-refractivity contribution in [3.8, 4) is 0 Å². The van der Waals surface area contributed by atoms with E-state index in [2.05, 4.69) is 13.4 Å². The van der Waals surface area contributed by atoms with E-state index in [9.17, 15) is 13.7 Å². The molecule has 124 valence electrons. The molecule has 0 aliphatic heterocycles. The van der Waals surface area contributed by atoms with Crippen molar-refractivity contribution in [3.63, 3.8) is 0 Å². The van der Waals surface area contributed by atoms with E-state index >= 15 is 0 Å². The zero-order valence-corrected chi connectivity index (χ0v) is 14.4. The summed E-state index contributed by atoms with van der Waals surface area (Å²) in [6.07, 6.45) is -0.969. The Morgan fingerprint density at radius 1 is 0.800 bits per heavy atom. The molecule has 4 N–H and O–H groups in total. The summed E-state index contributed by atoms with van der Waals surface area (Å²) in [5.74, 6) is 0. The van der Waals surface area contributed by atoms with Crippen LogP contribution in [-0.2, 0) is 27.1 Å². The normalized spacial score (nSPS) is 18.1. The average molecular weight is 358 g/mol. The van der Waals surface area contributed by atoms with Crippen molar-refractivity contribution < 1.29 is 46.6 Å². The second kappa shape index (κ2) is 8.76. The van der Waals surface area contributed by atoms with Gasteiger partial charge in [-0.1, -0.05) is 0 Å². The fourth-order valence-corrected chi connectivity index (χ4v) is 3.52. The summed E-state index contributed by atoms with van der Waals surface area (Å²) in [6.45, 7) is 6.92. The van der Waals surface area contributed by atoms with Crippen LogP contribution in [0, 0.1) is 0 Å². The molecule has 13 heteroatoms. The number of hydrogen-bond donors (Lipinski definition) is 4. The van der Waals surface area contributed by atoms with Crippen LogP contribution in [0.2, 0.25) is 0 Å². The molecule has 0 radical (unpaired) electrons. The first kappa shape index (κ1) is 22.7. The first-order chi connectivity index (χ1) is 8.54. The lowest BCUT2D eigenvalue weighted by atomic mass is 10.5. The van der Waals surface area contributed by atoms with E-state index in [-0.39, 0.29) is 0 Å². The van der Waals surface area contributed by atoms with Crippen molar-refractivity contribution in [3.05, 3.63) is 0 Å². The SMILES string of the molecule is CC(C)OP(=O)(O)O.CC(C)OP(=O)(O)OP(C)(=O)O. The highest BCUT2D eigenvalue weighted by Crippen LogP contribution is 2.58. The molecule has 0 saturated carbocycles. The Hall–Kier alpha value is 0.410. The van der Waals surface area contributed by atoms with Gasteiger partial charge in [0.2, 0.25) is 0 Å². The van der Waals surface area contributed by atoms with Crippen LogP contribution in [0.25, 0.3) is 0 Å². The van der Waals surface area contributed by atoms with Crippen molar-refractivity contribution in [2.24, 2.45) is 0 Å². The predicted octanol–water partition coefficient (Wildman–Crippen LogP) is 1.85. The molecular formula is C7H21O10P3. The van der Waals surface area contributed by atoms with Crippen LogP contribution in [0.4, 0.5) is 0 Å². The minimum atomic E-state index is -4.38. The monoisotopic (exact) mass is 358 g/mol. The molecule has 0 spiro atoms. The Morgan fingerprint density at radius 3 is 1.30 bits per heavy atom. The Kier molecular flexibility index (Phi) is 9.93. The Morgan fingerprint density at radius 2 is 1.15 bits per heavy atom. The van der Waals surface area contributed by atoms with Crippen LogP contribution in [0.1, 0.15) is 27.7 Å². The molecule has 0 aromatic heterocycles. The minimum absolute atomic E-state index is 0.421. The molecule has 10 nitrogen and oxygen atoms in total. The zero-order chi connectivity index (χ0) is 16.8. The topological polar surface area (TPSA) is 160 Å². The molecule has 0 heterocycles. The van der Waals surface area contributed by atoms with E-state index < -0.39 is 35.4 Å². The maximum Gasteiger partial charge on any atom is 0.479 e. The van der Waals surface area contributed by atoms with Gasteiger partial charge < -0.3 is 19.6 Å². The van der Waals surface area contributed by atoms with Gasteiger partial charge in [0.25, 0.3) is 0 Å². The molecule has 0 aliphatic rings. The standard InChI is InChI=1S/C4H12O6P2.C3H9O4P/c1-4(2)9-12(7,8)10-11(3,5)6;1-3(2)7-8(4,5)6/h4H,1-3H3,(H,5,6)(H,7,8);3H,1-2H3,(H2,4,5,6). The van der Waals surface area contributed by atoms with E-state index in [1.165, 1.54) is 13.8 Å². The first-order valence-electron chi connectivity index (χ1n) is 5.31. The maximum absolute atomic E-state index is 10.8. The number of phosphoric acid groups is 2. The fraction of sp³-hybridized carbons (Fsp3) is 1.00. The van der Waals surface area contributed by atoms with Crippen LogP contribution in [0.3, 0.4) is 0 Å². The average Bonchev–Trinajstić information content (AvgIpc) is 1.88. The van der Waals surface area contributed by atoms with Crippen molar-refractivity contribution in [1.82, 2.24) is 0 Å². The van der Waals surface area contributed by atoms with E-state index in [4.69, 9.17) is 19.6 Å². The van der Waals surface area contributed by atoms with Crippen LogP contribution < -0.4 is 0 Å². The van der Waals surface area contributed by atoms with Gasteiger partial charge in [-0.3, -0.25) is 13.6 Å². The van der Waals surface area contributed by atoms with Crippen LogP contribution in [-0.4, -0.2) is 38.4 Å². The highest BCUT2D eigenvalue weighted by atomic mass is 31.3. The third kappa shape index (κ3) is 20.7. The van der Waals surface area contributed by atoms with Crippen LogP contribution in [0.15, 0.2) is 0 Å². The van der Waals surface area contributed by atoms with Crippen molar-refractivity contribution in [2.45, 2.75) is 39.9 Å². The molecule has 2 unspecified atom stereocenters. The van der Waals surface area contributed by atoms with Crippen molar-refractivity contribution >= 4 is 23.2 Å². The lowest BCUT2D eigenvalue weighted by molar-refractivity contribution is 0.155. The van der Waals surface area contributed by atoms with Crippen molar-refractivity contribution in [2.75, 3.05) is 6.66 Å². The maximum atomic E-state index is 10.8. The molecule has 0 saturated heterocycles. The van der Waals surface area contributed by atoms with E-state index in [1.54, 1.807) is 13.8 Å². The van der Waals surface area contributed by atoms with Gasteiger partial charge >= 0.3 is 23.2 Å². The molecule has 0 aromatic rings. The van der Waals surface area contributed by atoms with Crippen LogP contribution >= 0.6 is 23.2 Å². The molecule has 0 bridgehead atoms. The summed E-state index contributed by atoms with van der Waals surface area (Å²) in [5.41, 5.74) is 0. The summed E-state index contributed by atoms with van der Waals surface area (Å²) < 4.78 is 43.7. The Balaban J connectivity index is 0. The second-order valence-corrected chi connectivity index (χ2v) is 8.75. The third-order valence-electron chi connectivity index (χ3n) is 0.947. The summed E-state index contributed by atoms with van der Waals surface area (Å²) in [4.78, 5) is 33.5. The Labute approximate surface area is 117 Å². The van der Waals surface area contributed by atoms with Gasteiger partial charge in [-0.05, 0) is 27.7 Å². The quantitative estimate of drug-likeness (QED) is 0.516. The Bertz CT molecular complexity index is 407. The van der Waals surface area contributed by atoms with E-state index in [1.807, 2.05) is 0 Å². The fourth-order valence-electron chi connectivity index (χ4n) is 0.752. The summed E-state index contributed by atoms with van der Waals surface area (Å²) in [7, 11) is -12.6. The lowest BCUT2D eigenvalue weighted by Crippen LogP contribution is -2.01. The zero-order valence-electron chi connectivity index (χ0n) is 11.7. The predicted molar refractivity (Wildman–Crippen MR) is 71.1 cm³/mol. The van der Waals surface area contributed by atoms with Gasteiger partial charge in [-0.2, -0.15) is 0 Å². The molecule has 0 rings (SSSR count). The minimum Gasteiger partial charge on any atom is -0.324 e. The molecule has 20 heavy (non-hydrogen) atoms. The number of phosphoric ester groups is 2. The highest BCUT2D eigenvalue weighted by Gasteiger charge is 2.30. The van der Waals surface area contributed by atoms with Gasteiger partial charge in [0.1, 0.15) is 0 Å². The summed E-state index contributed by atoms with van der Waals surface area (Å²) in [5, 5.41) is 0. The molecule has 0 amide bonds. The van der Waals surface area contributed by atoms with Gasteiger partial charge in [0, 0.05) is 6.66 Å². The van der Waals surface area contributed by atoms with Gasteiger partial charge in [-0.25, -0.2) is 13.4 Å². The van der Waals surface area contributed by atoms with Crippen LogP contribution in [0.5, 0.6) is 0 Å². The molecule has 2 atom stereocenters. The smallest absolute Gasteiger partial charge is 0.324 e. The summed E-state index contributed by atoms with van der Waals surface area (Å²) in [6, 6.07) is 0. The van der Waals surface area contributed by atoms with Gasteiger partial charge in [0.15, 0.2) is 0 Å². The van der Waals surface area contributed by atoms with Crippen molar-refractivity contribution in [1.29, 1.82) is 0 Å². The van der Waals surface area contributed by atoms with E-state index in [0.29, 0.717) is 0 Å². The van der Waals surface area contributed by atoms with E-state index in [0.717, 1.165) is 6.66 Å². The molecule has 0 aromatic carbocycles. The largest absolute Gasteiger partial charge is 0.479 e. The first-order valence-corrected chi connectivity index (χ1v) is 10.4. The molecule has 0 fully saturated rings.